The second-order valence-electron chi connectivity index (χ2n) is 4.82. The summed E-state index contributed by atoms with van der Waals surface area (Å²) in [5.41, 5.74) is 1.96. The van der Waals surface area contributed by atoms with Crippen LogP contribution in [0.25, 0.3) is 0 Å². The van der Waals surface area contributed by atoms with E-state index >= 15 is 0 Å². The largest absolute Gasteiger partial charge is 0.493 e. The van der Waals surface area contributed by atoms with Gasteiger partial charge in [0.25, 0.3) is 0 Å². The molecule has 0 fully saturated rings. The standard InChI is InChI=1S/C17H16FNO2S/c1-20-16-10-13(17-19-8-9-22-17)4-7-15(16)21-11-12-2-5-14(18)6-3-12/h2-7,10H,8-9,11H2,1H3. The molecule has 0 saturated carbocycles. The summed E-state index contributed by atoms with van der Waals surface area (Å²) >= 11 is 1.75. The van der Waals surface area contributed by atoms with Crippen molar-refractivity contribution in [2.45, 2.75) is 6.61 Å². The number of halogens is 1. The van der Waals surface area contributed by atoms with Gasteiger partial charge >= 0.3 is 0 Å². The zero-order chi connectivity index (χ0) is 15.4. The van der Waals surface area contributed by atoms with E-state index in [1.165, 1.54) is 12.1 Å². The summed E-state index contributed by atoms with van der Waals surface area (Å²) in [5.74, 6) is 2.12. The molecule has 0 spiro atoms. The molecule has 0 N–H and O–H groups in total. The molecular weight excluding hydrogens is 301 g/mol. The first-order valence-electron chi connectivity index (χ1n) is 6.99. The fraction of sp³-hybridized carbons (Fsp3) is 0.235. The lowest BCUT2D eigenvalue weighted by molar-refractivity contribution is 0.284. The molecule has 3 nitrogen and oxygen atoms in total. The molecule has 2 aromatic rings. The van der Waals surface area contributed by atoms with Crippen LogP contribution in [-0.4, -0.2) is 24.5 Å². The van der Waals surface area contributed by atoms with Crippen molar-refractivity contribution >= 4 is 16.8 Å². The van der Waals surface area contributed by atoms with Crippen molar-refractivity contribution in [3.63, 3.8) is 0 Å². The Morgan fingerprint density at radius 2 is 1.95 bits per heavy atom. The highest BCUT2D eigenvalue weighted by Gasteiger charge is 2.13. The summed E-state index contributed by atoms with van der Waals surface area (Å²) in [5, 5.41) is 1.04. The zero-order valence-corrected chi connectivity index (χ0v) is 13.0. The number of hydrogen-bond donors (Lipinski definition) is 0. The molecule has 114 valence electrons. The monoisotopic (exact) mass is 317 g/mol. The maximum atomic E-state index is 12.9. The van der Waals surface area contributed by atoms with E-state index in [1.807, 2.05) is 18.2 Å². The van der Waals surface area contributed by atoms with Crippen LogP contribution in [0.4, 0.5) is 4.39 Å². The molecule has 1 aliphatic rings. The Morgan fingerprint density at radius 1 is 1.14 bits per heavy atom. The first-order valence-corrected chi connectivity index (χ1v) is 7.98. The average molecular weight is 317 g/mol. The van der Waals surface area contributed by atoms with E-state index in [-0.39, 0.29) is 5.82 Å². The third kappa shape index (κ3) is 3.42. The van der Waals surface area contributed by atoms with E-state index in [0.717, 1.165) is 28.5 Å². The highest BCUT2D eigenvalue weighted by molar-refractivity contribution is 8.14. The maximum absolute atomic E-state index is 12.9. The predicted octanol–water partition coefficient (Wildman–Crippen LogP) is 3.91. The van der Waals surface area contributed by atoms with Crippen molar-refractivity contribution in [2.24, 2.45) is 4.99 Å². The molecule has 0 radical (unpaired) electrons. The van der Waals surface area contributed by atoms with Crippen molar-refractivity contribution in [3.05, 3.63) is 59.4 Å². The second kappa shape index (κ2) is 6.83. The Kier molecular flexibility index (Phi) is 4.63. The van der Waals surface area contributed by atoms with Gasteiger partial charge in [-0.2, -0.15) is 0 Å². The number of thioether (sulfide) groups is 1. The lowest BCUT2D eigenvalue weighted by Gasteiger charge is -2.12. The molecule has 0 amide bonds. The lowest BCUT2D eigenvalue weighted by Crippen LogP contribution is -2.00. The van der Waals surface area contributed by atoms with E-state index in [4.69, 9.17) is 9.47 Å². The SMILES string of the molecule is COc1cc(C2=NCCS2)ccc1OCc1ccc(F)cc1. The van der Waals surface area contributed by atoms with Gasteiger partial charge in [-0.25, -0.2) is 4.39 Å². The fourth-order valence-corrected chi connectivity index (χ4v) is 3.02. The molecule has 0 bridgehead atoms. The molecule has 0 atom stereocenters. The Morgan fingerprint density at radius 3 is 2.64 bits per heavy atom. The number of nitrogens with zero attached hydrogens (tertiary/aromatic N) is 1. The minimum absolute atomic E-state index is 0.250. The second-order valence-corrected chi connectivity index (χ2v) is 5.90. The van der Waals surface area contributed by atoms with Crippen LogP contribution in [-0.2, 0) is 6.61 Å². The zero-order valence-electron chi connectivity index (χ0n) is 12.2. The fourth-order valence-electron chi connectivity index (χ4n) is 2.17. The smallest absolute Gasteiger partial charge is 0.161 e. The molecule has 2 aromatic carbocycles. The average Bonchev–Trinajstić information content (AvgIpc) is 3.08. The highest BCUT2D eigenvalue weighted by atomic mass is 32.2. The van der Waals surface area contributed by atoms with E-state index in [9.17, 15) is 4.39 Å². The Hall–Kier alpha value is -2.01. The maximum Gasteiger partial charge on any atom is 0.161 e. The molecule has 0 saturated heterocycles. The van der Waals surface area contributed by atoms with Crippen LogP contribution in [0.5, 0.6) is 11.5 Å². The lowest BCUT2D eigenvalue weighted by atomic mass is 10.2. The van der Waals surface area contributed by atoms with Crippen molar-refractivity contribution < 1.29 is 13.9 Å². The van der Waals surface area contributed by atoms with Gasteiger partial charge in [0.1, 0.15) is 12.4 Å². The third-order valence-electron chi connectivity index (χ3n) is 3.30. The van der Waals surface area contributed by atoms with Crippen LogP contribution in [0.2, 0.25) is 0 Å². The number of rotatable bonds is 5. The first kappa shape index (κ1) is 14.9. The van der Waals surface area contributed by atoms with E-state index in [2.05, 4.69) is 4.99 Å². The summed E-state index contributed by atoms with van der Waals surface area (Å²) in [4.78, 5) is 4.46. The Labute approximate surface area is 133 Å². The number of hydrogen-bond acceptors (Lipinski definition) is 4. The van der Waals surface area contributed by atoms with Crippen LogP contribution in [0.15, 0.2) is 47.5 Å². The van der Waals surface area contributed by atoms with Crippen molar-refractivity contribution in [1.82, 2.24) is 0 Å². The summed E-state index contributed by atoms with van der Waals surface area (Å²) in [6.07, 6.45) is 0. The number of ether oxygens (including phenoxy) is 2. The molecule has 1 aliphatic heterocycles. The topological polar surface area (TPSA) is 30.8 Å². The van der Waals surface area contributed by atoms with Gasteiger partial charge in [0.05, 0.1) is 12.2 Å². The van der Waals surface area contributed by atoms with Crippen LogP contribution in [0.1, 0.15) is 11.1 Å². The summed E-state index contributed by atoms with van der Waals surface area (Å²) in [7, 11) is 1.62. The molecule has 0 aliphatic carbocycles. The molecule has 0 unspecified atom stereocenters. The normalized spacial score (nSPS) is 13.8. The van der Waals surface area contributed by atoms with Crippen LogP contribution >= 0.6 is 11.8 Å². The van der Waals surface area contributed by atoms with Gasteiger partial charge in [-0.05, 0) is 35.9 Å². The van der Waals surface area contributed by atoms with E-state index in [0.29, 0.717) is 18.1 Å². The van der Waals surface area contributed by atoms with Crippen LogP contribution in [0, 0.1) is 5.82 Å². The Bertz CT molecular complexity index is 686. The molecule has 1 heterocycles. The quantitative estimate of drug-likeness (QED) is 0.838. The van der Waals surface area contributed by atoms with Gasteiger partial charge < -0.3 is 9.47 Å². The van der Waals surface area contributed by atoms with Crippen molar-refractivity contribution in [1.29, 1.82) is 0 Å². The number of aliphatic imine (C=N–C) groups is 1. The van der Waals surface area contributed by atoms with Crippen molar-refractivity contribution in [2.75, 3.05) is 19.4 Å². The number of benzene rings is 2. The van der Waals surface area contributed by atoms with E-state index < -0.39 is 0 Å². The molecule has 0 aromatic heterocycles. The van der Waals surface area contributed by atoms with E-state index in [1.54, 1.807) is 31.0 Å². The van der Waals surface area contributed by atoms with Gasteiger partial charge in [0.2, 0.25) is 0 Å². The van der Waals surface area contributed by atoms with Gasteiger partial charge in [0, 0.05) is 17.9 Å². The van der Waals surface area contributed by atoms with Crippen LogP contribution < -0.4 is 9.47 Å². The first-order chi connectivity index (χ1) is 10.8. The summed E-state index contributed by atoms with van der Waals surface area (Å²) < 4.78 is 24.1. The molecular formula is C17H16FNO2S. The van der Waals surface area contributed by atoms with Gasteiger partial charge in [0.15, 0.2) is 11.5 Å². The van der Waals surface area contributed by atoms with Gasteiger partial charge in [-0.15, -0.1) is 11.8 Å². The molecule has 3 rings (SSSR count). The minimum Gasteiger partial charge on any atom is -0.493 e. The number of methoxy groups -OCH3 is 1. The summed E-state index contributed by atoms with van der Waals surface area (Å²) in [6, 6.07) is 12.1. The van der Waals surface area contributed by atoms with Gasteiger partial charge in [-0.1, -0.05) is 12.1 Å². The molecule has 5 heteroatoms. The molecule has 22 heavy (non-hydrogen) atoms. The minimum atomic E-state index is -0.250. The third-order valence-corrected chi connectivity index (χ3v) is 4.33. The van der Waals surface area contributed by atoms with Crippen LogP contribution in [0.3, 0.4) is 0 Å². The Balaban J connectivity index is 1.74. The van der Waals surface area contributed by atoms with Gasteiger partial charge in [-0.3, -0.25) is 4.99 Å². The highest BCUT2D eigenvalue weighted by Crippen LogP contribution is 2.31. The summed E-state index contributed by atoms with van der Waals surface area (Å²) in [6.45, 7) is 1.23. The van der Waals surface area contributed by atoms with Crippen molar-refractivity contribution in [3.8, 4) is 11.5 Å². The predicted molar refractivity (Wildman–Crippen MR) is 87.6 cm³/mol.